The molecule has 0 radical (unpaired) electrons. The van der Waals surface area contributed by atoms with Crippen LogP contribution in [0.5, 0.6) is 5.75 Å². The number of hydrogen-bond donors (Lipinski definition) is 2. The first-order valence-electron chi connectivity index (χ1n) is 11.9. The fourth-order valence-electron chi connectivity index (χ4n) is 4.48. The van der Waals surface area contributed by atoms with Crippen molar-refractivity contribution in [3.63, 3.8) is 0 Å². The minimum absolute atomic E-state index is 0.0143. The number of benzene rings is 2. The van der Waals surface area contributed by atoms with E-state index in [0.717, 1.165) is 17.1 Å². The number of carboxylic acid groups (broad SMARTS) is 1. The van der Waals surface area contributed by atoms with Crippen LogP contribution in [0, 0.1) is 0 Å². The van der Waals surface area contributed by atoms with Gasteiger partial charge in [-0.15, -0.1) is 0 Å². The Morgan fingerprint density at radius 1 is 0.972 bits per heavy atom. The Labute approximate surface area is 209 Å². The highest BCUT2D eigenvalue weighted by atomic mass is 32.2. The third-order valence-corrected chi connectivity index (χ3v) is 8.33. The van der Waals surface area contributed by atoms with Gasteiger partial charge in [-0.05, 0) is 55.5 Å². The highest BCUT2D eigenvalue weighted by Gasteiger charge is 2.40. The van der Waals surface area contributed by atoms with Crippen molar-refractivity contribution >= 4 is 28.0 Å². The van der Waals surface area contributed by atoms with Gasteiger partial charge in [0, 0.05) is 26.1 Å². The number of rotatable bonds is 8. The number of hydrogen-bond acceptors (Lipinski definition) is 6. The van der Waals surface area contributed by atoms with Crippen molar-refractivity contribution in [1.29, 1.82) is 0 Å². The maximum atomic E-state index is 13.0. The van der Waals surface area contributed by atoms with Crippen molar-refractivity contribution in [3.05, 3.63) is 60.2 Å². The van der Waals surface area contributed by atoms with Crippen LogP contribution in [0.25, 0.3) is 0 Å². The summed E-state index contributed by atoms with van der Waals surface area (Å²) in [5, 5.41) is 12.2. The largest absolute Gasteiger partial charge is 0.480 e. The summed E-state index contributed by atoms with van der Waals surface area (Å²) in [5.74, 6) is -1.53. The zero-order chi connectivity index (χ0) is 25.7. The molecule has 0 saturated carbocycles. The SMILES string of the molecule is O=C(N[C@@H](Cc1ccc(OC(=O)N2CCCC2)cc1)C(=O)O)C1CCCN1S(=O)(=O)c1ccccc1. The topological polar surface area (TPSA) is 133 Å². The summed E-state index contributed by atoms with van der Waals surface area (Å²) in [6, 6.07) is 12.0. The van der Waals surface area contributed by atoms with E-state index in [-0.39, 0.29) is 17.9 Å². The van der Waals surface area contributed by atoms with Crippen LogP contribution in [0.2, 0.25) is 0 Å². The molecular weight excluding hydrogens is 486 g/mol. The van der Waals surface area contributed by atoms with Crippen LogP contribution < -0.4 is 10.1 Å². The maximum absolute atomic E-state index is 13.0. The zero-order valence-corrected chi connectivity index (χ0v) is 20.5. The zero-order valence-electron chi connectivity index (χ0n) is 19.7. The third-order valence-electron chi connectivity index (χ3n) is 6.40. The second-order valence-electron chi connectivity index (χ2n) is 8.90. The van der Waals surface area contributed by atoms with Gasteiger partial charge < -0.3 is 20.1 Å². The Kier molecular flexibility index (Phi) is 7.90. The number of nitrogens with zero attached hydrogens (tertiary/aromatic N) is 2. The van der Waals surface area contributed by atoms with Crippen molar-refractivity contribution in [3.8, 4) is 5.75 Å². The molecule has 11 heteroatoms. The van der Waals surface area contributed by atoms with Gasteiger partial charge >= 0.3 is 12.1 Å². The van der Waals surface area contributed by atoms with Gasteiger partial charge in [0.15, 0.2) is 0 Å². The van der Waals surface area contributed by atoms with Gasteiger partial charge in [0.05, 0.1) is 4.90 Å². The molecule has 0 aliphatic carbocycles. The molecule has 4 rings (SSSR count). The van der Waals surface area contributed by atoms with E-state index in [2.05, 4.69) is 5.32 Å². The van der Waals surface area contributed by atoms with E-state index in [4.69, 9.17) is 4.74 Å². The van der Waals surface area contributed by atoms with E-state index in [0.29, 0.717) is 37.2 Å². The number of carbonyl (C=O) groups excluding carboxylic acids is 2. The first-order valence-corrected chi connectivity index (χ1v) is 13.4. The van der Waals surface area contributed by atoms with Crippen molar-refractivity contribution in [2.75, 3.05) is 19.6 Å². The summed E-state index contributed by atoms with van der Waals surface area (Å²) < 4.78 is 32.6. The number of nitrogens with one attached hydrogen (secondary N) is 1. The summed E-state index contributed by atoms with van der Waals surface area (Å²) in [6.07, 6.45) is 2.28. The van der Waals surface area contributed by atoms with Crippen molar-refractivity contribution < 1.29 is 32.6 Å². The quantitative estimate of drug-likeness (QED) is 0.551. The molecule has 192 valence electrons. The molecule has 2 aliphatic heterocycles. The number of aliphatic carboxylic acids is 1. The Bertz CT molecular complexity index is 1200. The van der Waals surface area contributed by atoms with Gasteiger partial charge in [0.25, 0.3) is 0 Å². The second-order valence-corrected chi connectivity index (χ2v) is 10.8. The predicted molar refractivity (Wildman–Crippen MR) is 130 cm³/mol. The lowest BCUT2D eigenvalue weighted by Gasteiger charge is -2.25. The molecule has 2 aromatic rings. The van der Waals surface area contributed by atoms with E-state index in [9.17, 15) is 27.9 Å². The second kappa shape index (κ2) is 11.1. The number of carboxylic acids is 1. The Morgan fingerprint density at radius 2 is 1.64 bits per heavy atom. The standard InChI is InChI=1S/C25H29N3O7S/c29-23(22-9-6-16-28(22)36(33,34)20-7-2-1-3-8-20)26-21(24(30)31)17-18-10-12-19(13-11-18)35-25(32)27-14-4-5-15-27/h1-3,7-8,10-13,21-22H,4-6,9,14-17H2,(H,26,29)(H,30,31)/t21-,22?/m0/s1. The van der Waals surface area contributed by atoms with Gasteiger partial charge in [0.1, 0.15) is 17.8 Å². The van der Waals surface area contributed by atoms with Crippen molar-refractivity contribution in [1.82, 2.24) is 14.5 Å². The smallest absolute Gasteiger partial charge is 0.415 e. The van der Waals surface area contributed by atoms with Gasteiger partial charge in [-0.2, -0.15) is 4.31 Å². The molecule has 2 aliphatic rings. The molecule has 2 fully saturated rings. The van der Waals surface area contributed by atoms with Gasteiger partial charge in [0.2, 0.25) is 15.9 Å². The Morgan fingerprint density at radius 3 is 2.28 bits per heavy atom. The average Bonchev–Trinajstić information content (AvgIpc) is 3.58. The average molecular weight is 516 g/mol. The van der Waals surface area contributed by atoms with E-state index in [1.807, 2.05) is 0 Å². The highest BCUT2D eigenvalue weighted by Crippen LogP contribution is 2.26. The third kappa shape index (κ3) is 5.85. The molecule has 36 heavy (non-hydrogen) atoms. The van der Waals surface area contributed by atoms with Crippen LogP contribution in [0.15, 0.2) is 59.5 Å². The fraction of sp³-hybridized carbons (Fsp3) is 0.400. The fourth-order valence-corrected chi connectivity index (χ4v) is 6.16. The molecule has 0 aromatic heterocycles. The lowest BCUT2D eigenvalue weighted by molar-refractivity contribution is -0.142. The molecule has 0 spiro atoms. The van der Waals surface area contributed by atoms with Crippen LogP contribution >= 0.6 is 0 Å². The van der Waals surface area contributed by atoms with Crippen LogP contribution in [-0.4, -0.2) is 72.4 Å². The summed E-state index contributed by atoms with van der Waals surface area (Å²) >= 11 is 0. The molecule has 1 unspecified atom stereocenters. The first kappa shape index (κ1) is 25.6. The Balaban J connectivity index is 1.39. The van der Waals surface area contributed by atoms with Crippen LogP contribution in [-0.2, 0) is 26.0 Å². The number of likely N-dealkylation sites (tertiary alicyclic amines) is 1. The van der Waals surface area contributed by atoms with Crippen LogP contribution in [0.3, 0.4) is 0 Å². The van der Waals surface area contributed by atoms with E-state index >= 15 is 0 Å². The van der Waals surface area contributed by atoms with E-state index in [1.54, 1.807) is 47.4 Å². The van der Waals surface area contributed by atoms with E-state index in [1.165, 1.54) is 12.1 Å². The van der Waals surface area contributed by atoms with Crippen LogP contribution in [0.4, 0.5) is 4.79 Å². The van der Waals surface area contributed by atoms with E-state index < -0.39 is 40.1 Å². The van der Waals surface area contributed by atoms with Gasteiger partial charge in [-0.25, -0.2) is 18.0 Å². The number of sulfonamides is 1. The molecular formula is C25H29N3O7S. The van der Waals surface area contributed by atoms with Crippen LogP contribution in [0.1, 0.15) is 31.2 Å². The maximum Gasteiger partial charge on any atom is 0.415 e. The number of carbonyl (C=O) groups is 3. The molecule has 2 aromatic carbocycles. The predicted octanol–water partition coefficient (Wildman–Crippen LogP) is 2.25. The summed E-state index contributed by atoms with van der Waals surface area (Å²) in [7, 11) is -3.89. The molecule has 10 nitrogen and oxygen atoms in total. The lowest BCUT2D eigenvalue weighted by Crippen LogP contribution is -2.51. The molecule has 2 saturated heterocycles. The number of ether oxygens (including phenoxy) is 1. The minimum Gasteiger partial charge on any atom is -0.480 e. The monoisotopic (exact) mass is 515 g/mol. The minimum atomic E-state index is -3.89. The number of amides is 2. The lowest BCUT2D eigenvalue weighted by atomic mass is 10.1. The summed E-state index contributed by atoms with van der Waals surface area (Å²) in [6.45, 7) is 1.52. The summed E-state index contributed by atoms with van der Waals surface area (Å²) in [4.78, 5) is 38.7. The van der Waals surface area contributed by atoms with Gasteiger partial charge in [-0.3, -0.25) is 4.79 Å². The van der Waals surface area contributed by atoms with Gasteiger partial charge in [-0.1, -0.05) is 30.3 Å². The summed E-state index contributed by atoms with van der Waals surface area (Å²) in [5.41, 5.74) is 0.615. The molecule has 2 N–H and O–H groups in total. The van der Waals surface area contributed by atoms with Crippen molar-refractivity contribution in [2.45, 2.75) is 49.1 Å². The molecule has 0 bridgehead atoms. The first-order chi connectivity index (χ1) is 17.3. The highest BCUT2D eigenvalue weighted by molar-refractivity contribution is 7.89. The molecule has 2 amide bonds. The Hall–Kier alpha value is -3.44. The normalized spacial score (nSPS) is 19.1. The molecule has 2 atom stereocenters. The van der Waals surface area contributed by atoms with Crippen molar-refractivity contribution in [2.24, 2.45) is 0 Å². The molecule has 2 heterocycles.